The molecule has 0 aliphatic heterocycles. The molecule has 0 aliphatic carbocycles. The van der Waals surface area contributed by atoms with E-state index in [0.717, 1.165) is 18.1 Å². The third-order valence-electron chi connectivity index (χ3n) is 1.79. The molecular weight excluding hydrogens is 257 g/mol. The molecule has 3 nitrogen and oxygen atoms in total. The van der Waals surface area contributed by atoms with E-state index in [4.69, 9.17) is 12.6 Å². The van der Waals surface area contributed by atoms with Crippen LogP contribution in [0.15, 0.2) is 24.3 Å². The summed E-state index contributed by atoms with van der Waals surface area (Å²) in [5.41, 5.74) is 0.191. The summed E-state index contributed by atoms with van der Waals surface area (Å²) in [5.74, 6) is 0. The highest BCUT2D eigenvalue weighted by atomic mass is 32.2. The largest absolute Gasteiger partial charge is 0.425 e. The summed E-state index contributed by atoms with van der Waals surface area (Å²) < 4.78 is 62.0. The average molecular weight is 268 g/mol. The number of benzene rings is 1. The molecule has 17 heavy (non-hydrogen) atoms. The number of aryl methyl sites for hydroxylation is 1. The number of hydrogen-bond acceptors (Lipinski definition) is 3. The summed E-state index contributed by atoms with van der Waals surface area (Å²) in [4.78, 5) is 0. The Bertz CT molecular complexity index is 444. The summed E-state index contributed by atoms with van der Waals surface area (Å²) in [5, 5.41) is 0. The van der Waals surface area contributed by atoms with Crippen molar-refractivity contribution in [2.45, 2.75) is 25.9 Å². The van der Waals surface area contributed by atoms with Gasteiger partial charge in [0.05, 0.1) is 5.56 Å². The maximum atomic E-state index is 12.2. The van der Waals surface area contributed by atoms with E-state index >= 15 is 0 Å². The van der Waals surface area contributed by atoms with Crippen molar-refractivity contribution in [2.75, 3.05) is 0 Å². The van der Waals surface area contributed by atoms with Crippen molar-refractivity contribution in [1.82, 2.24) is 0 Å². The van der Waals surface area contributed by atoms with Gasteiger partial charge in [0.1, 0.15) is 0 Å². The fourth-order valence-corrected chi connectivity index (χ4v) is 1.19. The molecular formula is C10H11F3O3S. The molecule has 7 heteroatoms. The zero-order valence-electron chi connectivity index (χ0n) is 8.99. The lowest BCUT2D eigenvalue weighted by molar-refractivity contribution is -0.137. The van der Waals surface area contributed by atoms with Crippen LogP contribution >= 0.6 is 0 Å². The summed E-state index contributed by atoms with van der Waals surface area (Å²) in [6.07, 6.45) is -2.66. The van der Waals surface area contributed by atoms with E-state index in [1.165, 1.54) is 12.1 Å². The Kier molecular flexibility index (Phi) is 6.48. The molecule has 0 saturated carbocycles. The first kappa shape index (κ1) is 15.6. The lowest BCUT2D eigenvalue weighted by Gasteiger charge is -2.07. The zero-order valence-corrected chi connectivity index (χ0v) is 9.81. The van der Waals surface area contributed by atoms with Gasteiger partial charge in [-0.05, 0) is 18.1 Å². The highest BCUT2D eigenvalue weighted by Gasteiger charge is 2.30. The third kappa shape index (κ3) is 7.51. The normalized spacial score (nSPS) is 10.4. The van der Waals surface area contributed by atoms with Crippen molar-refractivity contribution in [3.63, 3.8) is 0 Å². The first-order chi connectivity index (χ1) is 7.77. The Labute approximate surface area is 98.3 Å². The first-order valence-electron chi connectivity index (χ1n) is 4.70. The van der Waals surface area contributed by atoms with Crippen LogP contribution in [0.4, 0.5) is 13.2 Å². The SMILES string of the molecule is CCCc1cccc(C(F)(F)F)c1.O=S(=O)=O. The Morgan fingerprint density at radius 2 is 1.71 bits per heavy atom. The highest BCUT2D eigenvalue weighted by molar-refractivity contribution is 7.59. The fourth-order valence-electron chi connectivity index (χ4n) is 1.19. The molecule has 0 heterocycles. The zero-order chi connectivity index (χ0) is 13.5. The van der Waals surface area contributed by atoms with Crippen molar-refractivity contribution in [3.8, 4) is 0 Å². The molecule has 0 unspecified atom stereocenters. The number of halogens is 3. The predicted molar refractivity (Wildman–Crippen MR) is 55.1 cm³/mol. The van der Waals surface area contributed by atoms with Gasteiger partial charge in [0.15, 0.2) is 0 Å². The molecule has 1 aromatic rings. The Balaban J connectivity index is 0.000000557. The van der Waals surface area contributed by atoms with Crippen LogP contribution in [0.3, 0.4) is 0 Å². The third-order valence-corrected chi connectivity index (χ3v) is 1.79. The number of alkyl halides is 3. The predicted octanol–water partition coefficient (Wildman–Crippen LogP) is 2.65. The Morgan fingerprint density at radius 3 is 2.12 bits per heavy atom. The van der Waals surface area contributed by atoms with Crippen LogP contribution in [0, 0.1) is 0 Å². The first-order valence-corrected chi connectivity index (χ1v) is 5.70. The molecule has 1 rings (SSSR count). The second-order valence-corrected chi connectivity index (χ2v) is 3.56. The van der Waals surface area contributed by atoms with Crippen molar-refractivity contribution in [2.24, 2.45) is 0 Å². The van der Waals surface area contributed by atoms with Gasteiger partial charge in [0.25, 0.3) is 0 Å². The fraction of sp³-hybridized carbons (Fsp3) is 0.400. The minimum atomic E-state index is -4.22. The van der Waals surface area contributed by atoms with Crippen LogP contribution in [0.25, 0.3) is 0 Å². The van der Waals surface area contributed by atoms with Gasteiger partial charge in [-0.3, -0.25) is 0 Å². The minimum Gasteiger partial charge on any atom is -0.166 e. The van der Waals surface area contributed by atoms with Crippen LogP contribution in [0.5, 0.6) is 0 Å². The van der Waals surface area contributed by atoms with Crippen LogP contribution in [0.2, 0.25) is 0 Å². The van der Waals surface area contributed by atoms with Gasteiger partial charge >= 0.3 is 16.8 Å². The smallest absolute Gasteiger partial charge is 0.166 e. The Hall–Kier alpha value is -1.37. The van der Waals surface area contributed by atoms with Crippen LogP contribution in [-0.4, -0.2) is 12.6 Å². The van der Waals surface area contributed by atoms with E-state index in [9.17, 15) is 13.2 Å². The lowest BCUT2D eigenvalue weighted by atomic mass is 10.1. The van der Waals surface area contributed by atoms with E-state index in [1.54, 1.807) is 6.07 Å². The van der Waals surface area contributed by atoms with Gasteiger partial charge in [-0.15, -0.1) is 12.6 Å². The van der Waals surface area contributed by atoms with Crippen LogP contribution in [-0.2, 0) is 23.2 Å². The second-order valence-electron chi connectivity index (χ2n) is 3.15. The minimum absolute atomic E-state index is 0.557. The van der Waals surface area contributed by atoms with Gasteiger partial charge in [-0.2, -0.15) is 13.2 Å². The summed E-state index contributed by atoms with van der Waals surface area (Å²) in [7, 11) is -3.11. The molecule has 0 bridgehead atoms. The van der Waals surface area contributed by atoms with E-state index in [-0.39, 0.29) is 0 Å². The van der Waals surface area contributed by atoms with E-state index in [0.29, 0.717) is 6.42 Å². The van der Waals surface area contributed by atoms with Crippen molar-refractivity contribution in [3.05, 3.63) is 35.4 Å². The molecule has 96 valence electrons. The van der Waals surface area contributed by atoms with Crippen LogP contribution < -0.4 is 0 Å². The highest BCUT2D eigenvalue weighted by Crippen LogP contribution is 2.29. The molecule has 0 amide bonds. The molecule has 0 N–H and O–H groups in total. The average Bonchev–Trinajstić information content (AvgIpc) is 2.16. The molecule has 0 spiro atoms. The van der Waals surface area contributed by atoms with E-state index in [1.807, 2.05) is 6.92 Å². The van der Waals surface area contributed by atoms with Gasteiger partial charge in [-0.25, -0.2) is 0 Å². The number of hydrogen-bond donors (Lipinski definition) is 0. The van der Waals surface area contributed by atoms with E-state index in [2.05, 4.69) is 0 Å². The maximum absolute atomic E-state index is 12.2. The monoisotopic (exact) mass is 268 g/mol. The number of rotatable bonds is 2. The Morgan fingerprint density at radius 1 is 1.18 bits per heavy atom. The molecule has 0 atom stereocenters. The topological polar surface area (TPSA) is 51.2 Å². The molecule has 0 aliphatic rings. The summed E-state index contributed by atoms with van der Waals surface area (Å²) >= 11 is 0. The van der Waals surface area contributed by atoms with Gasteiger partial charge in [0.2, 0.25) is 0 Å². The molecule has 0 aromatic heterocycles. The molecule has 0 fully saturated rings. The van der Waals surface area contributed by atoms with Crippen molar-refractivity contribution >= 4 is 10.6 Å². The van der Waals surface area contributed by atoms with Crippen molar-refractivity contribution < 1.29 is 25.8 Å². The summed E-state index contributed by atoms with van der Waals surface area (Å²) in [6, 6.07) is 5.48. The molecule has 0 radical (unpaired) electrons. The lowest BCUT2D eigenvalue weighted by Crippen LogP contribution is -2.05. The van der Waals surface area contributed by atoms with Gasteiger partial charge in [-0.1, -0.05) is 31.5 Å². The van der Waals surface area contributed by atoms with Gasteiger partial charge < -0.3 is 0 Å². The van der Waals surface area contributed by atoms with Crippen LogP contribution in [0.1, 0.15) is 24.5 Å². The van der Waals surface area contributed by atoms with E-state index < -0.39 is 22.3 Å². The molecule has 1 aromatic carbocycles. The van der Waals surface area contributed by atoms with Gasteiger partial charge in [0, 0.05) is 0 Å². The van der Waals surface area contributed by atoms with Crippen molar-refractivity contribution in [1.29, 1.82) is 0 Å². The second kappa shape index (κ2) is 7.05. The quantitative estimate of drug-likeness (QED) is 0.828. The maximum Gasteiger partial charge on any atom is 0.425 e. The molecule has 0 saturated heterocycles. The summed E-state index contributed by atoms with van der Waals surface area (Å²) in [6.45, 7) is 1.94. The standard InChI is InChI=1S/C10H11F3.O3S/c1-2-4-8-5-3-6-9(7-8)10(11,12)13;1-4(2)3/h3,5-7H,2,4H2,1H3;.